The van der Waals surface area contributed by atoms with Crippen LogP contribution in [0.2, 0.25) is 0 Å². The van der Waals surface area contributed by atoms with Crippen molar-refractivity contribution in [2.24, 2.45) is 0 Å². The Morgan fingerprint density at radius 1 is 1.21 bits per heavy atom. The molecule has 1 aromatic carbocycles. The lowest BCUT2D eigenvalue weighted by Gasteiger charge is -2.11. The minimum absolute atomic E-state index is 0.234. The maximum Gasteiger partial charge on any atom is 0.260 e. The van der Waals surface area contributed by atoms with E-state index in [-0.39, 0.29) is 11.5 Å². The lowest BCUT2D eigenvalue weighted by Crippen LogP contribution is -2.21. The predicted molar refractivity (Wildman–Crippen MR) is 109 cm³/mol. The van der Waals surface area contributed by atoms with Crippen LogP contribution >= 0.6 is 0 Å². The van der Waals surface area contributed by atoms with Gasteiger partial charge in [-0.2, -0.15) is 0 Å². The summed E-state index contributed by atoms with van der Waals surface area (Å²) in [6.45, 7) is 2.05. The minimum Gasteiger partial charge on any atom is -0.497 e. The molecule has 0 spiro atoms. The molecule has 0 saturated carbocycles. The zero-order chi connectivity index (χ0) is 20.4. The first-order chi connectivity index (χ1) is 14.0. The second kappa shape index (κ2) is 7.63. The van der Waals surface area contributed by atoms with E-state index in [0.29, 0.717) is 45.9 Å². The van der Waals surface area contributed by atoms with Crippen molar-refractivity contribution in [3.8, 4) is 5.75 Å². The molecule has 4 aromatic rings. The number of carbonyl (C=O) groups excluding carboxylic acids is 1. The molecule has 0 fully saturated rings. The van der Waals surface area contributed by atoms with E-state index in [9.17, 15) is 9.59 Å². The largest absolute Gasteiger partial charge is 0.497 e. The maximum absolute atomic E-state index is 12.9. The van der Waals surface area contributed by atoms with Gasteiger partial charge in [0.05, 0.1) is 42.1 Å². The van der Waals surface area contributed by atoms with Gasteiger partial charge in [0, 0.05) is 18.0 Å². The van der Waals surface area contributed by atoms with Crippen LogP contribution in [0.4, 0.5) is 5.69 Å². The van der Waals surface area contributed by atoms with Gasteiger partial charge in [-0.05, 0) is 43.3 Å². The number of rotatable bonds is 5. The molecule has 1 N–H and O–H groups in total. The number of fused-ring (bicyclic) bond motifs is 1. The fourth-order valence-electron chi connectivity index (χ4n) is 3.13. The molecule has 3 aromatic heterocycles. The topological polar surface area (TPSA) is 86.4 Å². The number of hydrogen-bond donors (Lipinski definition) is 1. The number of carbonyl (C=O) groups is 1. The number of hydrogen-bond acceptors (Lipinski definition) is 5. The van der Waals surface area contributed by atoms with Gasteiger partial charge in [-0.25, -0.2) is 0 Å². The van der Waals surface area contributed by atoms with E-state index in [4.69, 9.17) is 9.15 Å². The van der Waals surface area contributed by atoms with Crippen molar-refractivity contribution in [1.82, 2.24) is 9.55 Å². The molecule has 7 nitrogen and oxygen atoms in total. The van der Waals surface area contributed by atoms with Gasteiger partial charge in [0.15, 0.2) is 0 Å². The van der Waals surface area contributed by atoms with Crippen LogP contribution in [0.5, 0.6) is 5.75 Å². The summed E-state index contributed by atoms with van der Waals surface area (Å²) in [5.74, 6) is 0.963. The molecule has 0 bridgehead atoms. The summed E-state index contributed by atoms with van der Waals surface area (Å²) in [6.07, 6.45) is 3.24. The first-order valence-corrected chi connectivity index (χ1v) is 9.04. The van der Waals surface area contributed by atoms with Crippen LogP contribution in [-0.2, 0) is 6.54 Å². The zero-order valence-electron chi connectivity index (χ0n) is 16.0. The predicted octanol–water partition coefficient (Wildman–Crippen LogP) is 3.61. The molecular weight excluding hydrogens is 370 g/mol. The molecule has 4 rings (SSSR count). The van der Waals surface area contributed by atoms with Gasteiger partial charge in [-0.15, -0.1) is 0 Å². The molecule has 0 radical (unpaired) electrons. The number of aromatic nitrogens is 2. The highest BCUT2D eigenvalue weighted by molar-refractivity contribution is 6.06. The molecule has 0 atom stereocenters. The van der Waals surface area contributed by atoms with Gasteiger partial charge in [-0.3, -0.25) is 14.6 Å². The Bertz CT molecular complexity index is 1240. The van der Waals surface area contributed by atoms with Crippen molar-refractivity contribution in [3.05, 3.63) is 88.4 Å². The molecule has 0 unspecified atom stereocenters. The Morgan fingerprint density at radius 2 is 2.07 bits per heavy atom. The standard InChI is InChI=1S/C22H19N3O4/c1-14-18(21(26)24-15-5-3-6-16(11-15)28-2)12-19-20(23-14)8-9-25(22(19)27)13-17-7-4-10-29-17/h3-12H,13H2,1-2H3,(H,24,26). The van der Waals surface area contributed by atoms with Crippen LogP contribution in [0, 0.1) is 6.92 Å². The van der Waals surface area contributed by atoms with Crippen LogP contribution in [0.1, 0.15) is 21.8 Å². The van der Waals surface area contributed by atoms with Gasteiger partial charge in [-0.1, -0.05) is 6.07 Å². The summed E-state index contributed by atoms with van der Waals surface area (Å²) in [4.78, 5) is 30.2. The van der Waals surface area contributed by atoms with E-state index in [1.165, 1.54) is 4.57 Å². The average molecular weight is 389 g/mol. The summed E-state index contributed by atoms with van der Waals surface area (Å²) >= 11 is 0. The summed E-state index contributed by atoms with van der Waals surface area (Å²) in [5, 5.41) is 3.20. The smallest absolute Gasteiger partial charge is 0.260 e. The van der Waals surface area contributed by atoms with Crippen molar-refractivity contribution in [1.29, 1.82) is 0 Å². The minimum atomic E-state index is -0.342. The fourth-order valence-corrected chi connectivity index (χ4v) is 3.13. The monoisotopic (exact) mass is 389 g/mol. The van der Waals surface area contributed by atoms with E-state index in [1.54, 1.807) is 75.0 Å². The summed E-state index contributed by atoms with van der Waals surface area (Å²) in [5.41, 5.74) is 1.79. The Balaban J connectivity index is 1.70. The SMILES string of the molecule is COc1cccc(NC(=O)c2cc3c(=O)n(Cc4ccco4)ccc3nc2C)c1. The normalized spacial score (nSPS) is 10.8. The highest BCUT2D eigenvalue weighted by Gasteiger charge is 2.15. The van der Waals surface area contributed by atoms with E-state index in [2.05, 4.69) is 10.3 Å². The highest BCUT2D eigenvalue weighted by Crippen LogP contribution is 2.19. The first-order valence-electron chi connectivity index (χ1n) is 9.04. The lowest BCUT2D eigenvalue weighted by atomic mass is 10.1. The third-order valence-electron chi connectivity index (χ3n) is 4.62. The highest BCUT2D eigenvalue weighted by atomic mass is 16.5. The van der Waals surface area contributed by atoms with Crippen LogP contribution in [0.3, 0.4) is 0 Å². The Labute approximate surface area is 166 Å². The molecule has 0 saturated heterocycles. The number of amides is 1. The van der Waals surface area contributed by atoms with Crippen molar-refractivity contribution < 1.29 is 13.9 Å². The number of nitrogens with one attached hydrogen (secondary N) is 1. The van der Waals surface area contributed by atoms with Crippen molar-refractivity contribution >= 4 is 22.5 Å². The van der Waals surface area contributed by atoms with Crippen molar-refractivity contribution in [2.45, 2.75) is 13.5 Å². The number of furan rings is 1. The van der Waals surface area contributed by atoms with Crippen LogP contribution in [0.15, 0.2) is 70.2 Å². The Morgan fingerprint density at radius 3 is 2.83 bits per heavy atom. The number of anilines is 1. The molecular formula is C22H19N3O4. The van der Waals surface area contributed by atoms with E-state index < -0.39 is 0 Å². The van der Waals surface area contributed by atoms with Gasteiger partial charge in [0.25, 0.3) is 11.5 Å². The van der Waals surface area contributed by atoms with Gasteiger partial charge in [0.2, 0.25) is 0 Å². The zero-order valence-corrected chi connectivity index (χ0v) is 16.0. The molecule has 146 valence electrons. The molecule has 0 aliphatic carbocycles. The van der Waals surface area contributed by atoms with E-state index in [0.717, 1.165) is 0 Å². The summed E-state index contributed by atoms with van der Waals surface area (Å²) in [7, 11) is 1.56. The van der Waals surface area contributed by atoms with Gasteiger partial charge >= 0.3 is 0 Å². The number of nitrogens with zero attached hydrogens (tertiary/aromatic N) is 2. The van der Waals surface area contributed by atoms with E-state index in [1.807, 2.05) is 0 Å². The second-order valence-electron chi connectivity index (χ2n) is 6.57. The van der Waals surface area contributed by atoms with Crippen LogP contribution < -0.4 is 15.6 Å². The third kappa shape index (κ3) is 3.75. The Hall–Kier alpha value is -3.87. The fraction of sp³-hybridized carbons (Fsp3) is 0.136. The Kier molecular flexibility index (Phi) is 4.87. The van der Waals surface area contributed by atoms with Crippen molar-refractivity contribution in [3.63, 3.8) is 0 Å². The van der Waals surface area contributed by atoms with Crippen LogP contribution in [-0.4, -0.2) is 22.6 Å². The number of ether oxygens (including phenoxy) is 1. The number of benzene rings is 1. The van der Waals surface area contributed by atoms with Crippen molar-refractivity contribution in [2.75, 3.05) is 12.4 Å². The maximum atomic E-state index is 12.9. The molecule has 7 heteroatoms. The molecule has 29 heavy (non-hydrogen) atoms. The molecule has 0 aliphatic rings. The summed E-state index contributed by atoms with van der Waals surface area (Å²) < 4.78 is 12.0. The van der Waals surface area contributed by atoms with Crippen LogP contribution in [0.25, 0.3) is 10.9 Å². The second-order valence-corrected chi connectivity index (χ2v) is 6.57. The average Bonchev–Trinajstić information content (AvgIpc) is 3.23. The van der Waals surface area contributed by atoms with Gasteiger partial charge in [0.1, 0.15) is 11.5 Å². The summed E-state index contributed by atoms with van der Waals surface area (Å²) in [6, 6.07) is 14.0. The van der Waals surface area contributed by atoms with E-state index >= 15 is 0 Å². The third-order valence-corrected chi connectivity index (χ3v) is 4.62. The number of aryl methyl sites for hydroxylation is 1. The quantitative estimate of drug-likeness (QED) is 0.564. The lowest BCUT2D eigenvalue weighted by molar-refractivity contribution is 0.102. The molecule has 0 aliphatic heterocycles. The molecule has 3 heterocycles. The first kappa shape index (κ1) is 18.5. The van der Waals surface area contributed by atoms with Gasteiger partial charge < -0.3 is 19.0 Å². The number of pyridine rings is 2. The number of methoxy groups -OCH3 is 1. The molecule has 1 amide bonds.